The maximum Gasteiger partial charge on any atom is 0.255 e. The molecular formula is C17H16N4O. The van der Waals surface area contributed by atoms with Gasteiger partial charge in [0.15, 0.2) is 0 Å². The molecule has 0 unspecified atom stereocenters. The molecule has 2 heterocycles. The van der Waals surface area contributed by atoms with Crippen LogP contribution in [0.15, 0.2) is 42.7 Å². The highest BCUT2D eigenvalue weighted by molar-refractivity contribution is 5.95. The maximum absolute atomic E-state index is 12.4. The summed E-state index contributed by atoms with van der Waals surface area (Å²) < 4.78 is 0. The summed E-state index contributed by atoms with van der Waals surface area (Å²) in [6, 6.07) is 11.2. The largest absolute Gasteiger partial charge is 0.353 e. The van der Waals surface area contributed by atoms with Crippen molar-refractivity contribution >= 4 is 17.3 Å². The van der Waals surface area contributed by atoms with Crippen molar-refractivity contribution in [3.63, 3.8) is 0 Å². The molecule has 1 saturated heterocycles. The first-order valence-electron chi connectivity index (χ1n) is 7.28. The van der Waals surface area contributed by atoms with Gasteiger partial charge in [0.1, 0.15) is 6.07 Å². The zero-order valence-electron chi connectivity index (χ0n) is 12.1. The van der Waals surface area contributed by atoms with E-state index in [1.165, 1.54) is 0 Å². The van der Waals surface area contributed by atoms with Crippen LogP contribution >= 0.6 is 0 Å². The normalized spacial score (nSPS) is 13.7. The van der Waals surface area contributed by atoms with Crippen LogP contribution in [0, 0.1) is 11.3 Å². The minimum atomic E-state index is 0.0159. The van der Waals surface area contributed by atoms with Gasteiger partial charge in [-0.05, 0) is 31.0 Å². The molecule has 0 bridgehead atoms. The first kappa shape index (κ1) is 14.1. The average Bonchev–Trinajstić information content (AvgIpc) is 3.09. The van der Waals surface area contributed by atoms with Crippen LogP contribution in [0.5, 0.6) is 0 Å². The quantitative estimate of drug-likeness (QED) is 0.944. The van der Waals surface area contributed by atoms with Crippen LogP contribution < -0.4 is 5.32 Å². The van der Waals surface area contributed by atoms with Crippen LogP contribution in [0.3, 0.4) is 0 Å². The van der Waals surface area contributed by atoms with Gasteiger partial charge in [0, 0.05) is 19.3 Å². The molecule has 1 aromatic heterocycles. The highest BCUT2D eigenvalue weighted by Gasteiger charge is 2.19. The smallest absolute Gasteiger partial charge is 0.255 e. The van der Waals surface area contributed by atoms with Gasteiger partial charge in [-0.15, -0.1) is 0 Å². The molecule has 0 spiro atoms. The molecule has 1 amide bonds. The molecule has 3 rings (SSSR count). The van der Waals surface area contributed by atoms with E-state index in [-0.39, 0.29) is 5.91 Å². The average molecular weight is 292 g/mol. The van der Waals surface area contributed by atoms with Crippen molar-refractivity contribution in [3.8, 4) is 6.07 Å². The molecule has 5 heteroatoms. The minimum Gasteiger partial charge on any atom is -0.353 e. The molecule has 1 fully saturated rings. The monoisotopic (exact) mass is 292 g/mol. The summed E-state index contributed by atoms with van der Waals surface area (Å²) in [5.74, 6) is 0.0159. The lowest BCUT2D eigenvalue weighted by Crippen LogP contribution is -2.27. The van der Waals surface area contributed by atoms with Gasteiger partial charge in [-0.1, -0.05) is 12.1 Å². The fraction of sp³-hybridized carbons (Fsp3) is 0.235. The van der Waals surface area contributed by atoms with E-state index in [0.29, 0.717) is 22.5 Å². The SMILES string of the molecule is N#Cc1ccccc1Nc1cncc(C(=O)N2CCCC2)c1. The lowest BCUT2D eigenvalue weighted by molar-refractivity contribution is 0.0792. The third-order valence-electron chi connectivity index (χ3n) is 3.70. The van der Waals surface area contributed by atoms with Gasteiger partial charge in [-0.25, -0.2) is 0 Å². The Morgan fingerprint density at radius 1 is 1.23 bits per heavy atom. The van der Waals surface area contributed by atoms with E-state index in [0.717, 1.165) is 25.9 Å². The van der Waals surface area contributed by atoms with E-state index in [1.807, 2.05) is 23.1 Å². The van der Waals surface area contributed by atoms with Crippen LogP contribution in [0.2, 0.25) is 0 Å². The Morgan fingerprint density at radius 2 is 2.00 bits per heavy atom. The second-order valence-electron chi connectivity index (χ2n) is 5.24. The summed E-state index contributed by atoms with van der Waals surface area (Å²) in [5.41, 5.74) is 2.53. The van der Waals surface area contributed by atoms with Gasteiger partial charge >= 0.3 is 0 Å². The number of hydrogen-bond acceptors (Lipinski definition) is 4. The molecule has 1 aromatic carbocycles. The molecule has 1 N–H and O–H groups in total. The van der Waals surface area contributed by atoms with Crippen molar-refractivity contribution in [2.45, 2.75) is 12.8 Å². The van der Waals surface area contributed by atoms with E-state index in [9.17, 15) is 4.79 Å². The zero-order chi connectivity index (χ0) is 15.4. The molecule has 110 valence electrons. The van der Waals surface area contributed by atoms with Gasteiger partial charge in [0.05, 0.1) is 28.7 Å². The van der Waals surface area contributed by atoms with E-state index in [2.05, 4.69) is 16.4 Å². The Morgan fingerprint density at radius 3 is 2.77 bits per heavy atom. The lowest BCUT2D eigenvalue weighted by Gasteiger charge is -2.15. The van der Waals surface area contributed by atoms with Crippen LogP contribution in [0.1, 0.15) is 28.8 Å². The number of benzene rings is 1. The number of rotatable bonds is 3. The van der Waals surface area contributed by atoms with Crippen molar-refractivity contribution < 1.29 is 4.79 Å². The number of carbonyl (C=O) groups excluding carboxylic acids is 1. The molecule has 0 aliphatic carbocycles. The van der Waals surface area contributed by atoms with Gasteiger partial charge in [-0.3, -0.25) is 9.78 Å². The summed E-state index contributed by atoms with van der Waals surface area (Å²) in [5, 5.41) is 12.3. The molecule has 22 heavy (non-hydrogen) atoms. The van der Waals surface area contributed by atoms with Gasteiger partial charge < -0.3 is 10.2 Å². The van der Waals surface area contributed by atoms with E-state index >= 15 is 0 Å². The first-order valence-corrected chi connectivity index (χ1v) is 7.28. The number of nitriles is 1. The minimum absolute atomic E-state index is 0.0159. The number of aromatic nitrogens is 1. The topological polar surface area (TPSA) is 69.0 Å². The number of amides is 1. The van der Waals surface area contributed by atoms with Gasteiger partial charge in [0.2, 0.25) is 0 Å². The molecule has 0 atom stereocenters. The van der Waals surface area contributed by atoms with Gasteiger partial charge in [-0.2, -0.15) is 5.26 Å². The van der Waals surface area contributed by atoms with Crippen molar-refractivity contribution in [2.75, 3.05) is 18.4 Å². The molecule has 2 aromatic rings. The standard InChI is InChI=1S/C17H16N4O/c18-10-13-5-1-2-6-16(13)20-15-9-14(11-19-12-15)17(22)21-7-3-4-8-21/h1-2,5-6,9,11-12,20H,3-4,7-8H2. The van der Waals surface area contributed by atoms with Crippen LogP contribution in [-0.4, -0.2) is 28.9 Å². The fourth-order valence-corrected chi connectivity index (χ4v) is 2.57. The summed E-state index contributed by atoms with van der Waals surface area (Å²) >= 11 is 0. The van der Waals surface area contributed by atoms with Crippen molar-refractivity contribution in [1.29, 1.82) is 5.26 Å². The number of nitrogens with one attached hydrogen (secondary N) is 1. The van der Waals surface area contributed by atoms with E-state index in [4.69, 9.17) is 5.26 Å². The van der Waals surface area contributed by atoms with Crippen LogP contribution in [0.25, 0.3) is 0 Å². The Balaban J connectivity index is 1.82. The van der Waals surface area contributed by atoms with Crippen molar-refractivity contribution in [1.82, 2.24) is 9.88 Å². The van der Waals surface area contributed by atoms with Crippen LogP contribution in [0.4, 0.5) is 11.4 Å². The van der Waals surface area contributed by atoms with Gasteiger partial charge in [0.25, 0.3) is 5.91 Å². The number of hydrogen-bond donors (Lipinski definition) is 1. The van der Waals surface area contributed by atoms with Crippen molar-refractivity contribution in [3.05, 3.63) is 53.9 Å². The number of para-hydroxylation sites is 1. The number of likely N-dealkylation sites (tertiary alicyclic amines) is 1. The molecule has 1 aliphatic heterocycles. The predicted octanol–water partition coefficient (Wildman–Crippen LogP) is 2.93. The van der Waals surface area contributed by atoms with Crippen LogP contribution in [-0.2, 0) is 0 Å². The molecule has 1 aliphatic rings. The predicted molar refractivity (Wildman–Crippen MR) is 83.8 cm³/mol. The lowest BCUT2D eigenvalue weighted by atomic mass is 10.2. The number of carbonyl (C=O) groups is 1. The first-order chi connectivity index (χ1) is 10.8. The third kappa shape index (κ3) is 2.91. The Kier molecular flexibility index (Phi) is 4.01. The number of pyridine rings is 1. The highest BCUT2D eigenvalue weighted by atomic mass is 16.2. The maximum atomic E-state index is 12.4. The molecular weight excluding hydrogens is 276 g/mol. The second-order valence-corrected chi connectivity index (χ2v) is 5.24. The summed E-state index contributed by atoms with van der Waals surface area (Å²) in [4.78, 5) is 18.4. The highest BCUT2D eigenvalue weighted by Crippen LogP contribution is 2.21. The van der Waals surface area contributed by atoms with E-state index < -0.39 is 0 Å². The van der Waals surface area contributed by atoms with Crippen molar-refractivity contribution in [2.24, 2.45) is 0 Å². The molecule has 0 saturated carbocycles. The Labute approximate surface area is 129 Å². The van der Waals surface area contributed by atoms with E-state index in [1.54, 1.807) is 24.5 Å². The summed E-state index contributed by atoms with van der Waals surface area (Å²) in [6.45, 7) is 1.63. The number of anilines is 2. The fourth-order valence-electron chi connectivity index (χ4n) is 2.57. The Bertz CT molecular complexity index is 729. The summed E-state index contributed by atoms with van der Waals surface area (Å²) in [7, 11) is 0. The molecule has 0 radical (unpaired) electrons. The number of nitrogens with zero attached hydrogens (tertiary/aromatic N) is 3. The third-order valence-corrected chi connectivity index (χ3v) is 3.70. The second kappa shape index (κ2) is 6.27. The Hall–Kier alpha value is -2.87. The summed E-state index contributed by atoms with van der Waals surface area (Å²) in [6.07, 6.45) is 5.36. The molecule has 5 nitrogen and oxygen atoms in total. The zero-order valence-corrected chi connectivity index (χ0v) is 12.1.